The highest BCUT2D eigenvalue weighted by atomic mass is 16.1. The molecular weight excluding hydrogens is 292 g/mol. The van der Waals surface area contributed by atoms with E-state index in [1.165, 1.54) is 6.20 Å². The number of carbonyl (C=O) groups is 1. The highest BCUT2D eigenvalue weighted by molar-refractivity contribution is 5.98. The van der Waals surface area contributed by atoms with Gasteiger partial charge in [0, 0.05) is 18.4 Å². The number of carbonyl (C=O) groups excluding carboxylic acids is 1. The minimum Gasteiger partial charge on any atom is -0.365 e. The van der Waals surface area contributed by atoms with Gasteiger partial charge < -0.3 is 22.1 Å². The summed E-state index contributed by atoms with van der Waals surface area (Å²) in [5.74, 6) is 0.261. The van der Waals surface area contributed by atoms with Gasteiger partial charge in [0.15, 0.2) is 0 Å². The number of nitrogens with two attached hydrogens (primary N) is 2. The first kappa shape index (κ1) is 16.7. The molecule has 0 fully saturated rings. The second-order valence-electron chi connectivity index (χ2n) is 5.24. The molecule has 0 bridgehead atoms. The van der Waals surface area contributed by atoms with E-state index in [-0.39, 0.29) is 5.56 Å². The Labute approximate surface area is 135 Å². The molecule has 2 rings (SSSR count). The van der Waals surface area contributed by atoms with Crippen LogP contribution in [-0.2, 0) is 0 Å². The Hall–Kier alpha value is -2.67. The van der Waals surface area contributed by atoms with Crippen molar-refractivity contribution in [3.63, 3.8) is 0 Å². The number of hydrogen-bond acceptors (Lipinski definition) is 6. The maximum atomic E-state index is 11.6. The topological polar surface area (TPSA) is 119 Å². The SMILES string of the molecule is Cc1cccc(Nc2nc(NCCCCN)ncc2C(N)=O)c1. The van der Waals surface area contributed by atoms with Gasteiger partial charge in [-0.3, -0.25) is 4.79 Å². The van der Waals surface area contributed by atoms with Gasteiger partial charge >= 0.3 is 0 Å². The molecule has 0 spiro atoms. The Morgan fingerprint density at radius 3 is 2.83 bits per heavy atom. The maximum absolute atomic E-state index is 11.6. The summed E-state index contributed by atoms with van der Waals surface area (Å²) >= 11 is 0. The van der Waals surface area contributed by atoms with E-state index >= 15 is 0 Å². The minimum absolute atomic E-state index is 0.249. The molecule has 23 heavy (non-hydrogen) atoms. The van der Waals surface area contributed by atoms with Crippen molar-refractivity contribution in [3.05, 3.63) is 41.6 Å². The fourth-order valence-electron chi connectivity index (χ4n) is 2.07. The highest BCUT2D eigenvalue weighted by Gasteiger charge is 2.12. The molecule has 6 N–H and O–H groups in total. The molecule has 0 aliphatic carbocycles. The number of aromatic nitrogens is 2. The summed E-state index contributed by atoms with van der Waals surface area (Å²) in [7, 11) is 0. The summed E-state index contributed by atoms with van der Waals surface area (Å²) in [5.41, 5.74) is 13.0. The number of rotatable bonds is 8. The van der Waals surface area contributed by atoms with Crippen LogP contribution >= 0.6 is 0 Å². The van der Waals surface area contributed by atoms with Crippen LogP contribution in [0.4, 0.5) is 17.5 Å². The van der Waals surface area contributed by atoms with Crippen LogP contribution < -0.4 is 22.1 Å². The van der Waals surface area contributed by atoms with Gasteiger partial charge in [0.25, 0.3) is 5.91 Å². The van der Waals surface area contributed by atoms with Crippen molar-refractivity contribution in [2.24, 2.45) is 11.5 Å². The monoisotopic (exact) mass is 314 g/mol. The van der Waals surface area contributed by atoms with Crippen molar-refractivity contribution in [2.75, 3.05) is 23.7 Å². The van der Waals surface area contributed by atoms with Gasteiger partial charge in [0.05, 0.1) is 0 Å². The second-order valence-corrected chi connectivity index (χ2v) is 5.24. The fraction of sp³-hybridized carbons (Fsp3) is 0.312. The summed E-state index contributed by atoms with van der Waals surface area (Å²) in [6.07, 6.45) is 3.29. The molecule has 1 heterocycles. The van der Waals surface area contributed by atoms with Gasteiger partial charge in [-0.1, -0.05) is 12.1 Å². The van der Waals surface area contributed by atoms with Crippen LogP contribution in [0, 0.1) is 6.92 Å². The highest BCUT2D eigenvalue weighted by Crippen LogP contribution is 2.20. The molecule has 0 atom stereocenters. The molecule has 7 nitrogen and oxygen atoms in total. The second kappa shape index (κ2) is 8.09. The number of nitrogens with zero attached hydrogens (tertiary/aromatic N) is 2. The first-order chi connectivity index (χ1) is 11.1. The molecule has 1 aromatic carbocycles. The van der Waals surface area contributed by atoms with E-state index in [1.807, 2.05) is 31.2 Å². The Morgan fingerprint density at radius 2 is 2.13 bits per heavy atom. The number of anilines is 3. The van der Waals surface area contributed by atoms with Crippen LogP contribution in [-0.4, -0.2) is 29.0 Å². The van der Waals surface area contributed by atoms with Crippen LogP contribution in [0.15, 0.2) is 30.5 Å². The summed E-state index contributed by atoms with van der Waals surface area (Å²) in [6.45, 7) is 3.37. The molecule has 0 aliphatic rings. The van der Waals surface area contributed by atoms with E-state index in [2.05, 4.69) is 20.6 Å². The smallest absolute Gasteiger partial charge is 0.254 e. The van der Waals surface area contributed by atoms with Crippen molar-refractivity contribution >= 4 is 23.4 Å². The molecule has 0 aliphatic heterocycles. The van der Waals surface area contributed by atoms with E-state index < -0.39 is 5.91 Å². The first-order valence-corrected chi connectivity index (χ1v) is 7.54. The number of amides is 1. The van der Waals surface area contributed by atoms with Crippen LogP contribution in [0.2, 0.25) is 0 Å². The van der Waals surface area contributed by atoms with E-state index in [0.29, 0.717) is 18.3 Å². The molecule has 0 saturated heterocycles. The van der Waals surface area contributed by atoms with E-state index in [0.717, 1.165) is 30.6 Å². The third kappa shape index (κ3) is 4.93. The summed E-state index contributed by atoms with van der Waals surface area (Å²) in [5, 5.41) is 6.24. The lowest BCUT2D eigenvalue weighted by molar-refractivity contribution is 0.100. The predicted molar refractivity (Wildman–Crippen MR) is 91.8 cm³/mol. The molecule has 2 aromatic rings. The zero-order valence-electron chi connectivity index (χ0n) is 13.2. The largest absolute Gasteiger partial charge is 0.365 e. The fourth-order valence-corrected chi connectivity index (χ4v) is 2.07. The standard InChI is InChI=1S/C16H22N6O/c1-11-5-4-6-12(9-11)21-15-13(14(18)23)10-20-16(22-15)19-8-3-2-7-17/h4-6,9-10H,2-3,7-8,17H2,1H3,(H2,18,23)(H2,19,20,21,22). The number of nitrogens with one attached hydrogen (secondary N) is 2. The quantitative estimate of drug-likeness (QED) is 0.551. The van der Waals surface area contributed by atoms with Crippen LogP contribution in [0.1, 0.15) is 28.8 Å². The normalized spacial score (nSPS) is 10.3. The minimum atomic E-state index is -0.574. The van der Waals surface area contributed by atoms with Crippen LogP contribution in [0.5, 0.6) is 0 Å². The van der Waals surface area contributed by atoms with Crippen molar-refractivity contribution in [3.8, 4) is 0 Å². The molecule has 1 aromatic heterocycles. The number of unbranched alkanes of at least 4 members (excludes halogenated alkanes) is 1. The number of aryl methyl sites for hydroxylation is 1. The van der Waals surface area contributed by atoms with E-state index in [9.17, 15) is 4.79 Å². The molecular formula is C16H22N6O. The number of hydrogen-bond donors (Lipinski definition) is 4. The third-order valence-electron chi connectivity index (χ3n) is 3.25. The van der Waals surface area contributed by atoms with E-state index in [4.69, 9.17) is 11.5 Å². The van der Waals surface area contributed by atoms with E-state index in [1.54, 1.807) is 0 Å². The predicted octanol–water partition coefficient (Wildman–Crippen LogP) is 1.78. The lowest BCUT2D eigenvalue weighted by Crippen LogP contribution is -2.16. The Morgan fingerprint density at radius 1 is 1.30 bits per heavy atom. The lowest BCUT2D eigenvalue weighted by Gasteiger charge is -2.11. The van der Waals surface area contributed by atoms with Gasteiger partial charge in [0.2, 0.25) is 5.95 Å². The van der Waals surface area contributed by atoms with Gasteiger partial charge in [-0.05, 0) is 44.0 Å². The Bertz CT molecular complexity index is 673. The zero-order valence-corrected chi connectivity index (χ0v) is 13.2. The van der Waals surface area contributed by atoms with Crippen LogP contribution in [0.3, 0.4) is 0 Å². The lowest BCUT2D eigenvalue weighted by atomic mass is 10.2. The average Bonchev–Trinajstić information content (AvgIpc) is 2.51. The zero-order chi connectivity index (χ0) is 16.7. The molecule has 1 amide bonds. The molecule has 0 radical (unpaired) electrons. The molecule has 7 heteroatoms. The van der Waals surface area contributed by atoms with Crippen molar-refractivity contribution in [2.45, 2.75) is 19.8 Å². The first-order valence-electron chi connectivity index (χ1n) is 7.54. The average molecular weight is 314 g/mol. The summed E-state index contributed by atoms with van der Waals surface area (Å²) in [6, 6.07) is 7.77. The molecule has 0 unspecified atom stereocenters. The van der Waals surface area contributed by atoms with Gasteiger partial charge in [-0.15, -0.1) is 0 Å². The summed E-state index contributed by atoms with van der Waals surface area (Å²) < 4.78 is 0. The van der Waals surface area contributed by atoms with Crippen molar-refractivity contribution in [1.82, 2.24) is 9.97 Å². The molecule has 122 valence electrons. The van der Waals surface area contributed by atoms with Gasteiger partial charge in [-0.25, -0.2) is 4.98 Å². The third-order valence-corrected chi connectivity index (χ3v) is 3.25. The molecule has 0 saturated carbocycles. The number of benzene rings is 1. The van der Waals surface area contributed by atoms with Crippen molar-refractivity contribution < 1.29 is 4.79 Å². The van der Waals surface area contributed by atoms with Gasteiger partial charge in [0.1, 0.15) is 11.4 Å². The summed E-state index contributed by atoms with van der Waals surface area (Å²) in [4.78, 5) is 20.0. The number of primary amides is 1. The Balaban J connectivity index is 2.18. The van der Waals surface area contributed by atoms with Crippen molar-refractivity contribution in [1.29, 1.82) is 0 Å². The maximum Gasteiger partial charge on any atom is 0.254 e. The van der Waals surface area contributed by atoms with Gasteiger partial charge in [-0.2, -0.15) is 4.98 Å². The van der Waals surface area contributed by atoms with Crippen LogP contribution in [0.25, 0.3) is 0 Å². The Kier molecular flexibility index (Phi) is 5.87.